The fraction of sp³-hybridized carbons (Fsp3) is 0.545. The number of thioether (sulfide) groups is 1. The van der Waals surface area contributed by atoms with Gasteiger partial charge in [0.1, 0.15) is 23.5 Å². The van der Waals surface area contributed by atoms with Crippen LogP contribution in [0.25, 0.3) is 11.2 Å². The highest BCUT2D eigenvalue weighted by Crippen LogP contribution is 2.52. The van der Waals surface area contributed by atoms with Crippen LogP contribution in [0.2, 0.25) is 0 Å². The highest BCUT2D eigenvalue weighted by atomic mass is 32.2. The molecule has 8 nitrogen and oxygen atoms in total. The number of imidazole rings is 1. The number of rotatable bonds is 2. The van der Waals surface area contributed by atoms with Gasteiger partial charge in [0, 0.05) is 5.75 Å². The number of hydrogen-bond donors (Lipinski definition) is 3. The summed E-state index contributed by atoms with van der Waals surface area (Å²) >= 11 is 1.58. The van der Waals surface area contributed by atoms with E-state index in [4.69, 9.17) is 10.5 Å². The van der Waals surface area contributed by atoms with Crippen LogP contribution in [0, 0.1) is 0 Å². The van der Waals surface area contributed by atoms with E-state index in [-0.39, 0.29) is 11.9 Å². The number of nitrogens with two attached hydrogens (primary N) is 1. The van der Waals surface area contributed by atoms with E-state index >= 15 is 0 Å². The number of nitrogens with zero attached hydrogens (tertiary/aromatic N) is 4. The van der Waals surface area contributed by atoms with Crippen molar-refractivity contribution in [1.82, 2.24) is 19.5 Å². The summed E-state index contributed by atoms with van der Waals surface area (Å²) in [5.41, 5.74) is 5.94. The Morgan fingerprint density at radius 2 is 2.35 bits per heavy atom. The van der Waals surface area contributed by atoms with E-state index in [9.17, 15) is 10.2 Å². The Balaban J connectivity index is 1.80. The maximum absolute atomic E-state index is 10.3. The molecule has 0 amide bonds. The van der Waals surface area contributed by atoms with Crippen molar-refractivity contribution in [3.05, 3.63) is 12.7 Å². The van der Waals surface area contributed by atoms with Gasteiger partial charge in [0.05, 0.1) is 18.2 Å². The fourth-order valence-electron chi connectivity index (χ4n) is 2.81. The Morgan fingerprint density at radius 3 is 3.10 bits per heavy atom. The Bertz CT molecular complexity index is 679. The Morgan fingerprint density at radius 1 is 1.50 bits per heavy atom. The minimum Gasteiger partial charge on any atom is -0.393 e. The Labute approximate surface area is 118 Å². The number of nitrogen functional groups attached to an aromatic ring is 1. The van der Waals surface area contributed by atoms with Gasteiger partial charge in [0.25, 0.3) is 0 Å². The van der Waals surface area contributed by atoms with Crippen molar-refractivity contribution in [2.75, 3.05) is 18.1 Å². The molecule has 2 saturated heterocycles. The summed E-state index contributed by atoms with van der Waals surface area (Å²) in [7, 11) is 0. The molecule has 2 aliphatic heterocycles. The molecular formula is C11H13N5O3S. The average molecular weight is 295 g/mol. The molecule has 4 rings (SSSR count). The molecule has 0 aliphatic carbocycles. The summed E-state index contributed by atoms with van der Waals surface area (Å²) in [5, 5.41) is 19.6. The van der Waals surface area contributed by atoms with Crippen LogP contribution in [0.3, 0.4) is 0 Å². The second kappa shape index (κ2) is 4.04. The van der Waals surface area contributed by atoms with Gasteiger partial charge in [-0.3, -0.25) is 4.57 Å². The first kappa shape index (κ1) is 12.3. The van der Waals surface area contributed by atoms with E-state index in [1.165, 1.54) is 6.33 Å². The highest BCUT2D eigenvalue weighted by molar-refractivity contribution is 8.00. The molecule has 4 atom stereocenters. The van der Waals surface area contributed by atoms with E-state index in [1.807, 2.05) is 0 Å². The lowest BCUT2D eigenvalue weighted by Crippen LogP contribution is -2.43. The Hall–Kier alpha value is -1.42. The lowest BCUT2D eigenvalue weighted by atomic mass is 10.0. The molecule has 0 unspecified atom stereocenters. The van der Waals surface area contributed by atoms with Gasteiger partial charge in [-0.25, -0.2) is 15.0 Å². The van der Waals surface area contributed by atoms with Crippen molar-refractivity contribution in [2.24, 2.45) is 0 Å². The summed E-state index contributed by atoms with van der Waals surface area (Å²) in [4.78, 5) is 12.3. The molecule has 20 heavy (non-hydrogen) atoms. The van der Waals surface area contributed by atoms with Gasteiger partial charge in [0.2, 0.25) is 0 Å². The zero-order valence-corrected chi connectivity index (χ0v) is 11.2. The summed E-state index contributed by atoms with van der Waals surface area (Å²) in [5.74, 6) is 0.886. The van der Waals surface area contributed by atoms with Crippen molar-refractivity contribution in [3.8, 4) is 0 Å². The number of ether oxygens (including phenoxy) is 1. The van der Waals surface area contributed by atoms with E-state index in [0.29, 0.717) is 22.7 Å². The highest BCUT2D eigenvalue weighted by Gasteiger charge is 2.60. The third-order valence-electron chi connectivity index (χ3n) is 3.94. The normalized spacial score (nSPS) is 36.0. The maximum Gasteiger partial charge on any atom is 0.167 e. The van der Waals surface area contributed by atoms with Gasteiger partial charge < -0.3 is 20.7 Å². The molecule has 2 aliphatic rings. The number of aromatic nitrogens is 4. The van der Waals surface area contributed by atoms with Crippen molar-refractivity contribution in [2.45, 2.75) is 23.2 Å². The van der Waals surface area contributed by atoms with E-state index in [1.54, 1.807) is 22.7 Å². The fourth-order valence-corrected chi connectivity index (χ4v) is 4.40. The largest absolute Gasteiger partial charge is 0.393 e. The SMILES string of the molecule is Nc1ncnc2c1ncn2[C@@H]1O[C@@]2(CO)CS[C@@H]1[C@@H]2O. The van der Waals surface area contributed by atoms with Crippen LogP contribution in [0.4, 0.5) is 5.82 Å². The van der Waals surface area contributed by atoms with Crippen LogP contribution < -0.4 is 5.73 Å². The van der Waals surface area contributed by atoms with Crippen molar-refractivity contribution in [1.29, 1.82) is 0 Å². The zero-order chi connectivity index (χ0) is 13.9. The molecule has 0 radical (unpaired) electrons. The molecule has 4 heterocycles. The topological polar surface area (TPSA) is 119 Å². The average Bonchev–Trinajstić information content (AvgIpc) is 3.10. The third-order valence-corrected chi connectivity index (χ3v) is 5.47. The van der Waals surface area contributed by atoms with Crippen LogP contribution in [-0.4, -0.2) is 59.0 Å². The molecule has 106 valence electrons. The van der Waals surface area contributed by atoms with Crippen molar-refractivity contribution < 1.29 is 14.9 Å². The molecule has 2 fully saturated rings. The molecule has 9 heteroatoms. The molecule has 0 saturated carbocycles. The molecule has 0 aromatic carbocycles. The monoisotopic (exact) mass is 295 g/mol. The molecule has 4 N–H and O–H groups in total. The van der Waals surface area contributed by atoms with Gasteiger partial charge in [-0.1, -0.05) is 0 Å². The Kier molecular flexibility index (Phi) is 2.49. The summed E-state index contributed by atoms with van der Waals surface area (Å²) in [6.07, 6.45) is 1.82. The summed E-state index contributed by atoms with van der Waals surface area (Å²) in [6.45, 7) is -0.210. The lowest BCUT2D eigenvalue weighted by Gasteiger charge is -2.29. The zero-order valence-electron chi connectivity index (χ0n) is 10.4. The summed E-state index contributed by atoms with van der Waals surface area (Å²) < 4.78 is 7.64. The molecule has 2 bridgehead atoms. The molecule has 0 spiro atoms. The maximum atomic E-state index is 10.3. The van der Waals surface area contributed by atoms with Gasteiger partial charge >= 0.3 is 0 Å². The van der Waals surface area contributed by atoms with Crippen LogP contribution >= 0.6 is 11.8 Å². The van der Waals surface area contributed by atoms with Crippen LogP contribution in [0.15, 0.2) is 12.7 Å². The van der Waals surface area contributed by atoms with Crippen LogP contribution in [0.1, 0.15) is 6.23 Å². The van der Waals surface area contributed by atoms with Crippen LogP contribution in [-0.2, 0) is 4.74 Å². The number of hydrogen-bond acceptors (Lipinski definition) is 8. The number of fused-ring (bicyclic) bond motifs is 3. The van der Waals surface area contributed by atoms with Gasteiger partial charge in [-0.2, -0.15) is 0 Å². The van der Waals surface area contributed by atoms with E-state index in [2.05, 4.69) is 15.0 Å². The lowest BCUT2D eigenvalue weighted by molar-refractivity contribution is -0.112. The first-order chi connectivity index (χ1) is 9.66. The molecule has 2 aromatic heterocycles. The van der Waals surface area contributed by atoms with Crippen molar-refractivity contribution in [3.63, 3.8) is 0 Å². The quantitative estimate of drug-likeness (QED) is 0.655. The number of anilines is 1. The predicted octanol–water partition coefficient (Wildman–Crippen LogP) is -0.855. The smallest absolute Gasteiger partial charge is 0.167 e. The first-order valence-corrected chi connectivity index (χ1v) is 7.22. The third kappa shape index (κ3) is 1.40. The van der Waals surface area contributed by atoms with E-state index in [0.717, 1.165) is 0 Å². The second-order valence-electron chi connectivity index (χ2n) is 5.03. The molecule has 2 aromatic rings. The van der Waals surface area contributed by atoms with Gasteiger partial charge in [0.15, 0.2) is 17.7 Å². The first-order valence-electron chi connectivity index (χ1n) is 6.18. The number of aliphatic hydroxyl groups excluding tert-OH is 2. The van der Waals surface area contributed by atoms with Crippen molar-refractivity contribution >= 4 is 28.7 Å². The van der Waals surface area contributed by atoms with Gasteiger partial charge in [-0.05, 0) is 0 Å². The number of aliphatic hydroxyl groups is 2. The summed E-state index contributed by atoms with van der Waals surface area (Å²) in [6, 6.07) is 0. The molecular weight excluding hydrogens is 282 g/mol. The minimum atomic E-state index is -0.894. The predicted molar refractivity (Wildman–Crippen MR) is 71.9 cm³/mol. The van der Waals surface area contributed by atoms with Gasteiger partial charge in [-0.15, -0.1) is 11.8 Å². The second-order valence-corrected chi connectivity index (χ2v) is 6.20. The minimum absolute atomic E-state index is 0.157. The van der Waals surface area contributed by atoms with E-state index < -0.39 is 17.9 Å². The van der Waals surface area contributed by atoms with Crippen LogP contribution in [0.5, 0.6) is 0 Å². The standard InChI is InChI=1S/C11H13N5O3S/c12-8-5-9(14-3-13-8)16(4-15-5)10-6-7(18)11(1-17,19-10)2-20-6/h3-4,6-7,10,17-18H,1-2H2,(H2,12,13,14)/t6-,7+,10-,11+/m1/s1.